The van der Waals surface area contributed by atoms with Gasteiger partial charge in [-0.2, -0.15) is 0 Å². The largest absolute Gasteiger partial charge is 0.296 e. The molecule has 0 bridgehead atoms. The van der Waals surface area contributed by atoms with Crippen molar-refractivity contribution in [2.24, 2.45) is 5.41 Å². The van der Waals surface area contributed by atoms with Crippen molar-refractivity contribution in [3.05, 3.63) is 35.4 Å². The average molecular weight is 273 g/mol. The number of carbonyl (C=O) groups is 1. The van der Waals surface area contributed by atoms with Crippen LogP contribution in [0.1, 0.15) is 56.0 Å². The van der Waals surface area contributed by atoms with Crippen molar-refractivity contribution in [1.82, 2.24) is 4.90 Å². The number of ketones is 1. The van der Waals surface area contributed by atoms with Gasteiger partial charge in [-0.15, -0.1) is 0 Å². The lowest BCUT2D eigenvalue weighted by Gasteiger charge is -2.38. The quantitative estimate of drug-likeness (QED) is 0.757. The fourth-order valence-electron chi connectivity index (χ4n) is 2.83. The minimum Gasteiger partial charge on any atom is -0.296 e. The number of hydrogen-bond donors (Lipinski definition) is 0. The summed E-state index contributed by atoms with van der Waals surface area (Å²) in [6, 6.07) is 8.08. The van der Waals surface area contributed by atoms with Crippen LogP contribution in [0, 0.1) is 5.41 Å². The first-order valence-corrected chi connectivity index (χ1v) is 7.91. The van der Waals surface area contributed by atoms with Gasteiger partial charge in [0.2, 0.25) is 0 Å². The molecule has 1 aliphatic rings. The second kappa shape index (κ2) is 6.53. The number of likely N-dealkylation sites (tertiary alicyclic amines) is 1. The summed E-state index contributed by atoms with van der Waals surface area (Å²) in [7, 11) is 0. The van der Waals surface area contributed by atoms with Crippen LogP contribution in [0.15, 0.2) is 24.3 Å². The molecule has 20 heavy (non-hydrogen) atoms. The third kappa shape index (κ3) is 3.69. The lowest BCUT2D eigenvalue weighted by molar-refractivity contribution is 0.0813. The summed E-state index contributed by atoms with van der Waals surface area (Å²) in [6.07, 6.45) is 4.70. The number of nitrogens with zero attached hydrogens (tertiary/aromatic N) is 1. The Kier molecular flexibility index (Phi) is 4.98. The number of rotatable bonds is 5. The third-order valence-electron chi connectivity index (χ3n) is 4.97. The SMILES string of the molecule is CCc1ccc(C(=O)CN2CCC(C)(CC)CC2)cc1. The standard InChI is InChI=1S/C18H27NO/c1-4-15-6-8-16(9-7-15)17(20)14-19-12-10-18(3,5-2)11-13-19/h6-9H,4-5,10-14H2,1-3H3. The van der Waals surface area contributed by atoms with Crippen molar-refractivity contribution in [3.63, 3.8) is 0 Å². The zero-order valence-corrected chi connectivity index (χ0v) is 13.1. The molecule has 2 nitrogen and oxygen atoms in total. The molecule has 1 fully saturated rings. The van der Waals surface area contributed by atoms with Gasteiger partial charge in [0.05, 0.1) is 6.54 Å². The Bertz CT molecular complexity index is 441. The van der Waals surface area contributed by atoms with Crippen LogP contribution in [-0.4, -0.2) is 30.3 Å². The molecule has 0 N–H and O–H groups in total. The summed E-state index contributed by atoms with van der Waals surface area (Å²) in [6.45, 7) is 9.47. The smallest absolute Gasteiger partial charge is 0.176 e. The minimum absolute atomic E-state index is 0.257. The molecular formula is C18H27NO. The van der Waals surface area contributed by atoms with E-state index in [-0.39, 0.29) is 5.78 Å². The zero-order valence-electron chi connectivity index (χ0n) is 13.1. The minimum atomic E-state index is 0.257. The maximum absolute atomic E-state index is 12.3. The number of aryl methyl sites for hydroxylation is 1. The number of piperidine rings is 1. The highest BCUT2D eigenvalue weighted by atomic mass is 16.1. The predicted molar refractivity (Wildman–Crippen MR) is 84.2 cm³/mol. The van der Waals surface area contributed by atoms with E-state index in [0.29, 0.717) is 12.0 Å². The summed E-state index contributed by atoms with van der Waals surface area (Å²) >= 11 is 0. The first kappa shape index (κ1) is 15.2. The van der Waals surface area contributed by atoms with Crippen LogP contribution in [0.4, 0.5) is 0 Å². The Labute approximate surface area is 123 Å². The van der Waals surface area contributed by atoms with Crippen LogP contribution < -0.4 is 0 Å². The van der Waals surface area contributed by atoms with Crippen LogP contribution in [0.3, 0.4) is 0 Å². The first-order valence-electron chi connectivity index (χ1n) is 7.91. The highest BCUT2D eigenvalue weighted by Gasteiger charge is 2.28. The van der Waals surface area contributed by atoms with E-state index in [1.165, 1.54) is 24.8 Å². The molecule has 0 atom stereocenters. The summed E-state index contributed by atoms with van der Waals surface area (Å²) < 4.78 is 0. The van der Waals surface area contributed by atoms with Crippen molar-refractivity contribution in [3.8, 4) is 0 Å². The van der Waals surface area contributed by atoms with Gasteiger partial charge in [-0.3, -0.25) is 9.69 Å². The van der Waals surface area contributed by atoms with Crippen molar-refractivity contribution in [1.29, 1.82) is 0 Å². The highest BCUT2D eigenvalue weighted by Crippen LogP contribution is 2.33. The van der Waals surface area contributed by atoms with Crippen molar-refractivity contribution < 1.29 is 4.79 Å². The van der Waals surface area contributed by atoms with Gasteiger partial charge in [-0.05, 0) is 43.3 Å². The molecule has 1 aliphatic heterocycles. The molecule has 1 heterocycles. The Hall–Kier alpha value is -1.15. The van der Waals surface area contributed by atoms with Gasteiger partial charge in [0.15, 0.2) is 5.78 Å². The Morgan fingerprint density at radius 3 is 2.25 bits per heavy atom. The normalized spacial score (nSPS) is 18.9. The van der Waals surface area contributed by atoms with E-state index < -0.39 is 0 Å². The lowest BCUT2D eigenvalue weighted by atomic mass is 9.78. The van der Waals surface area contributed by atoms with E-state index in [1.54, 1.807) is 0 Å². The highest BCUT2D eigenvalue weighted by molar-refractivity contribution is 5.97. The molecule has 0 unspecified atom stereocenters. The van der Waals surface area contributed by atoms with Gasteiger partial charge >= 0.3 is 0 Å². The molecule has 110 valence electrons. The first-order chi connectivity index (χ1) is 9.56. The van der Waals surface area contributed by atoms with E-state index in [2.05, 4.69) is 37.8 Å². The van der Waals surface area contributed by atoms with Gasteiger partial charge in [0.25, 0.3) is 0 Å². The van der Waals surface area contributed by atoms with Gasteiger partial charge in [-0.1, -0.05) is 51.5 Å². The molecule has 0 saturated carbocycles. The number of carbonyl (C=O) groups excluding carboxylic acids is 1. The fourth-order valence-corrected chi connectivity index (χ4v) is 2.83. The molecule has 2 rings (SSSR count). The molecular weight excluding hydrogens is 246 g/mol. The third-order valence-corrected chi connectivity index (χ3v) is 4.97. The van der Waals surface area contributed by atoms with Crippen molar-refractivity contribution >= 4 is 5.78 Å². The van der Waals surface area contributed by atoms with Gasteiger partial charge in [-0.25, -0.2) is 0 Å². The fraction of sp³-hybridized carbons (Fsp3) is 0.611. The Morgan fingerprint density at radius 2 is 1.75 bits per heavy atom. The van der Waals surface area contributed by atoms with Crippen molar-refractivity contribution in [2.45, 2.75) is 46.5 Å². The second-order valence-corrected chi connectivity index (χ2v) is 6.41. The average Bonchev–Trinajstić information content (AvgIpc) is 2.50. The van der Waals surface area contributed by atoms with Crippen molar-refractivity contribution in [2.75, 3.05) is 19.6 Å². The topological polar surface area (TPSA) is 20.3 Å². The molecule has 1 aromatic carbocycles. The molecule has 0 spiro atoms. The predicted octanol–water partition coefficient (Wildman–Crippen LogP) is 3.94. The molecule has 1 aromatic rings. The van der Waals surface area contributed by atoms with Gasteiger partial charge in [0.1, 0.15) is 0 Å². The van der Waals surface area contributed by atoms with Crippen LogP contribution in [0.2, 0.25) is 0 Å². The molecule has 0 aromatic heterocycles. The zero-order chi connectivity index (χ0) is 14.6. The van der Waals surface area contributed by atoms with Gasteiger partial charge in [0, 0.05) is 5.56 Å². The molecule has 0 radical (unpaired) electrons. The summed E-state index contributed by atoms with van der Waals surface area (Å²) in [5, 5.41) is 0. The lowest BCUT2D eigenvalue weighted by Crippen LogP contribution is -2.40. The maximum Gasteiger partial charge on any atom is 0.176 e. The summed E-state index contributed by atoms with van der Waals surface area (Å²) in [5.41, 5.74) is 2.63. The second-order valence-electron chi connectivity index (χ2n) is 6.41. The Morgan fingerprint density at radius 1 is 1.15 bits per heavy atom. The number of hydrogen-bond acceptors (Lipinski definition) is 2. The molecule has 0 aliphatic carbocycles. The van der Waals surface area contributed by atoms with Crippen LogP contribution >= 0.6 is 0 Å². The van der Waals surface area contributed by atoms with E-state index in [9.17, 15) is 4.79 Å². The molecule has 0 amide bonds. The summed E-state index contributed by atoms with van der Waals surface area (Å²) in [4.78, 5) is 14.6. The van der Waals surface area contributed by atoms with Gasteiger partial charge < -0.3 is 0 Å². The van der Waals surface area contributed by atoms with E-state index in [4.69, 9.17) is 0 Å². The van der Waals surface area contributed by atoms with Crippen LogP contribution in [0.25, 0.3) is 0 Å². The molecule has 1 saturated heterocycles. The van der Waals surface area contributed by atoms with E-state index >= 15 is 0 Å². The van der Waals surface area contributed by atoms with Crippen LogP contribution in [0.5, 0.6) is 0 Å². The number of benzene rings is 1. The van der Waals surface area contributed by atoms with E-state index in [1.807, 2.05) is 12.1 Å². The van der Waals surface area contributed by atoms with E-state index in [0.717, 1.165) is 25.1 Å². The number of Topliss-reactive ketones (excluding diaryl/α,β-unsaturated/α-hetero) is 1. The van der Waals surface area contributed by atoms with Crippen LogP contribution in [-0.2, 0) is 6.42 Å². The monoisotopic (exact) mass is 273 g/mol. The molecule has 2 heteroatoms. The maximum atomic E-state index is 12.3. The Balaban J connectivity index is 1.89. The summed E-state index contributed by atoms with van der Waals surface area (Å²) in [5.74, 6) is 0.257.